The molecule has 0 spiro atoms. The predicted molar refractivity (Wildman–Crippen MR) is 92.9 cm³/mol. The average molecular weight is 352 g/mol. The molecule has 3 rings (SSSR count). The van der Waals surface area contributed by atoms with Crippen molar-refractivity contribution >= 4 is 11.9 Å². The highest BCUT2D eigenvalue weighted by molar-refractivity contribution is 5.91. The average Bonchev–Trinajstić information content (AvgIpc) is 3.11. The Hall–Kier alpha value is -3.54. The molecule has 1 aromatic heterocycles. The van der Waals surface area contributed by atoms with Crippen LogP contribution in [0.1, 0.15) is 32.0 Å². The van der Waals surface area contributed by atoms with Gasteiger partial charge in [0.2, 0.25) is 0 Å². The smallest absolute Gasteiger partial charge is 0.343 e. The summed E-state index contributed by atoms with van der Waals surface area (Å²) in [5.74, 6) is -0.593. The number of hydrogen-bond donors (Lipinski definition) is 1. The standard InChI is InChI=1S/C20H16O6/c1-24-16-8-7-13(11-17-15(19(21)22)9-10-25-17)12-18(16)26-20(23)14-5-3-2-4-6-14/h2-10,12H,11H2,1H3,(H,21,22). The summed E-state index contributed by atoms with van der Waals surface area (Å²) in [6.07, 6.45) is 1.58. The fourth-order valence-corrected chi connectivity index (χ4v) is 2.50. The third-order valence-electron chi connectivity index (χ3n) is 3.78. The molecule has 0 aliphatic rings. The summed E-state index contributed by atoms with van der Waals surface area (Å²) in [5.41, 5.74) is 1.24. The van der Waals surface area contributed by atoms with Crippen LogP contribution in [0, 0.1) is 0 Å². The van der Waals surface area contributed by atoms with Crippen LogP contribution in [0.5, 0.6) is 11.5 Å². The minimum atomic E-state index is -1.06. The number of carbonyl (C=O) groups is 2. The monoisotopic (exact) mass is 352 g/mol. The molecule has 0 amide bonds. The first-order chi connectivity index (χ1) is 12.6. The van der Waals surface area contributed by atoms with E-state index in [9.17, 15) is 9.59 Å². The molecule has 2 aromatic carbocycles. The number of furan rings is 1. The minimum Gasteiger partial charge on any atom is -0.493 e. The largest absolute Gasteiger partial charge is 0.493 e. The van der Waals surface area contributed by atoms with Gasteiger partial charge in [-0.05, 0) is 35.9 Å². The molecule has 6 heteroatoms. The third-order valence-corrected chi connectivity index (χ3v) is 3.78. The summed E-state index contributed by atoms with van der Waals surface area (Å²) < 4.78 is 15.9. The van der Waals surface area contributed by atoms with Gasteiger partial charge in [0.15, 0.2) is 11.5 Å². The fourth-order valence-electron chi connectivity index (χ4n) is 2.50. The number of hydrogen-bond acceptors (Lipinski definition) is 5. The van der Waals surface area contributed by atoms with Crippen molar-refractivity contribution in [1.29, 1.82) is 0 Å². The van der Waals surface area contributed by atoms with Gasteiger partial charge in [-0.15, -0.1) is 0 Å². The summed E-state index contributed by atoms with van der Waals surface area (Å²) in [6.45, 7) is 0. The zero-order valence-electron chi connectivity index (χ0n) is 14.0. The molecule has 26 heavy (non-hydrogen) atoms. The van der Waals surface area contributed by atoms with E-state index in [1.165, 1.54) is 19.4 Å². The minimum absolute atomic E-state index is 0.101. The van der Waals surface area contributed by atoms with Crippen molar-refractivity contribution in [3.8, 4) is 11.5 Å². The molecule has 0 aliphatic heterocycles. The second-order valence-electron chi connectivity index (χ2n) is 5.48. The number of rotatable bonds is 6. The van der Waals surface area contributed by atoms with E-state index in [1.54, 1.807) is 48.5 Å². The van der Waals surface area contributed by atoms with Gasteiger partial charge in [-0.25, -0.2) is 9.59 Å². The molecule has 3 aromatic rings. The fraction of sp³-hybridized carbons (Fsp3) is 0.100. The molecule has 0 bridgehead atoms. The predicted octanol–water partition coefficient (Wildman–Crippen LogP) is 3.80. The van der Waals surface area contributed by atoms with E-state index in [0.717, 1.165) is 5.56 Å². The third kappa shape index (κ3) is 3.75. The van der Waals surface area contributed by atoms with Crippen molar-refractivity contribution in [3.05, 3.63) is 83.3 Å². The van der Waals surface area contributed by atoms with Gasteiger partial charge in [-0.3, -0.25) is 0 Å². The van der Waals surface area contributed by atoms with Gasteiger partial charge < -0.3 is 19.0 Å². The van der Waals surface area contributed by atoms with E-state index < -0.39 is 11.9 Å². The quantitative estimate of drug-likeness (QED) is 0.536. The van der Waals surface area contributed by atoms with Crippen LogP contribution in [0.4, 0.5) is 0 Å². The molecule has 1 N–H and O–H groups in total. The van der Waals surface area contributed by atoms with E-state index in [-0.39, 0.29) is 17.7 Å². The van der Waals surface area contributed by atoms with Crippen molar-refractivity contribution in [2.45, 2.75) is 6.42 Å². The zero-order chi connectivity index (χ0) is 18.5. The Morgan fingerprint density at radius 1 is 1.04 bits per heavy atom. The topological polar surface area (TPSA) is 86.0 Å². The van der Waals surface area contributed by atoms with Crippen molar-refractivity contribution in [1.82, 2.24) is 0 Å². The lowest BCUT2D eigenvalue weighted by atomic mass is 10.1. The van der Waals surface area contributed by atoms with E-state index in [0.29, 0.717) is 17.1 Å². The Labute approximate surface area is 149 Å². The van der Waals surface area contributed by atoms with Crippen LogP contribution in [-0.4, -0.2) is 24.2 Å². The summed E-state index contributed by atoms with van der Waals surface area (Å²) in [7, 11) is 1.48. The molecule has 0 radical (unpaired) electrons. The van der Waals surface area contributed by atoms with Gasteiger partial charge in [0.1, 0.15) is 11.3 Å². The Bertz CT molecular complexity index is 926. The number of methoxy groups -OCH3 is 1. The van der Waals surface area contributed by atoms with Gasteiger partial charge in [0, 0.05) is 6.42 Å². The van der Waals surface area contributed by atoms with Gasteiger partial charge in [-0.1, -0.05) is 24.3 Å². The highest BCUT2D eigenvalue weighted by Crippen LogP contribution is 2.30. The van der Waals surface area contributed by atoms with Crippen LogP contribution < -0.4 is 9.47 Å². The maximum absolute atomic E-state index is 12.3. The normalized spacial score (nSPS) is 10.3. The number of aromatic carboxylic acids is 1. The van der Waals surface area contributed by atoms with Crippen molar-refractivity contribution in [2.24, 2.45) is 0 Å². The van der Waals surface area contributed by atoms with Crippen LogP contribution >= 0.6 is 0 Å². The summed E-state index contributed by atoms with van der Waals surface area (Å²) in [6, 6.07) is 15.1. The van der Waals surface area contributed by atoms with Gasteiger partial charge >= 0.3 is 11.9 Å². The Kier molecular flexibility index (Phi) is 5.03. The number of ether oxygens (including phenoxy) is 2. The van der Waals surface area contributed by atoms with Crippen LogP contribution in [0.25, 0.3) is 0 Å². The maximum Gasteiger partial charge on any atom is 0.343 e. The van der Waals surface area contributed by atoms with Gasteiger partial charge in [-0.2, -0.15) is 0 Å². The van der Waals surface area contributed by atoms with E-state index in [2.05, 4.69) is 0 Å². The van der Waals surface area contributed by atoms with Crippen LogP contribution in [-0.2, 0) is 6.42 Å². The summed E-state index contributed by atoms with van der Waals surface area (Å²) in [5, 5.41) is 9.16. The van der Waals surface area contributed by atoms with E-state index in [1.807, 2.05) is 0 Å². The molecular weight excluding hydrogens is 336 g/mol. The Morgan fingerprint density at radius 2 is 1.81 bits per heavy atom. The number of benzene rings is 2. The summed E-state index contributed by atoms with van der Waals surface area (Å²) in [4.78, 5) is 23.5. The van der Waals surface area contributed by atoms with Gasteiger partial charge in [0.25, 0.3) is 0 Å². The van der Waals surface area contributed by atoms with Crippen molar-refractivity contribution in [3.63, 3.8) is 0 Å². The zero-order valence-corrected chi connectivity index (χ0v) is 14.0. The Balaban J connectivity index is 1.86. The van der Waals surface area contributed by atoms with Crippen molar-refractivity contribution < 1.29 is 28.6 Å². The molecule has 1 heterocycles. The maximum atomic E-state index is 12.3. The van der Waals surface area contributed by atoms with Gasteiger partial charge in [0.05, 0.1) is 18.9 Å². The molecule has 0 saturated heterocycles. The van der Waals surface area contributed by atoms with E-state index in [4.69, 9.17) is 19.0 Å². The first-order valence-corrected chi connectivity index (χ1v) is 7.82. The molecule has 132 valence electrons. The van der Waals surface area contributed by atoms with Crippen molar-refractivity contribution in [2.75, 3.05) is 7.11 Å². The molecule has 0 atom stereocenters. The highest BCUT2D eigenvalue weighted by Gasteiger charge is 2.16. The van der Waals surface area contributed by atoms with Crippen LogP contribution in [0.15, 0.2) is 65.3 Å². The molecule has 0 unspecified atom stereocenters. The number of carboxylic acid groups (broad SMARTS) is 1. The van der Waals surface area contributed by atoms with Crippen LogP contribution in [0.2, 0.25) is 0 Å². The lowest BCUT2D eigenvalue weighted by Gasteiger charge is -2.11. The molecule has 0 fully saturated rings. The van der Waals surface area contributed by atoms with Crippen LogP contribution in [0.3, 0.4) is 0 Å². The highest BCUT2D eigenvalue weighted by atomic mass is 16.6. The first-order valence-electron chi connectivity index (χ1n) is 7.82. The molecule has 0 saturated carbocycles. The summed E-state index contributed by atoms with van der Waals surface area (Å²) >= 11 is 0. The second kappa shape index (κ2) is 7.57. The first kappa shape index (κ1) is 17.3. The second-order valence-corrected chi connectivity index (χ2v) is 5.48. The lowest BCUT2D eigenvalue weighted by molar-refractivity contribution is 0.0692. The lowest BCUT2D eigenvalue weighted by Crippen LogP contribution is -2.09. The molecule has 0 aliphatic carbocycles. The SMILES string of the molecule is COc1ccc(Cc2occc2C(=O)O)cc1OC(=O)c1ccccc1. The number of carbonyl (C=O) groups excluding carboxylic acids is 1. The number of esters is 1. The Morgan fingerprint density at radius 3 is 2.50 bits per heavy atom. The molecule has 6 nitrogen and oxygen atoms in total. The number of carboxylic acids is 1. The van der Waals surface area contributed by atoms with E-state index >= 15 is 0 Å². The molecular formula is C20H16O6.